The van der Waals surface area contributed by atoms with Crippen LogP contribution in [0.15, 0.2) is 18.2 Å². The van der Waals surface area contributed by atoms with Gasteiger partial charge in [0.05, 0.1) is 6.61 Å². The Kier molecular flexibility index (Phi) is 5.76. The number of benzene rings is 1. The van der Waals surface area contributed by atoms with Gasteiger partial charge in [0, 0.05) is 13.1 Å². The van der Waals surface area contributed by atoms with Crippen molar-refractivity contribution in [3.63, 3.8) is 0 Å². The Morgan fingerprint density at radius 2 is 2.35 bits per heavy atom. The number of hydrogen-bond acceptors (Lipinski definition) is 4. The highest BCUT2D eigenvalue weighted by Crippen LogP contribution is 2.23. The Labute approximate surface area is 119 Å². The molecule has 20 heavy (non-hydrogen) atoms. The standard InChI is InChI=1S/C15H23FN2O2/c1-2-18-8-9-19-13(10-18)11-20-15-12(6-7-17)4-3-5-14(15)16/h3-5,13H,2,6-11,17H2,1H3. The van der Waals surface area contributed by atoms with Crippen molar-refractivity contribution in [2.75, 3.05) is 39.4 Å². The number of nitrogens with zero attached hydrogens (tertiary/aromatic N) is 1. The second-order valence-electron chi connectivity index (χ2n) is 4.96. The quantitative estimate of drug-likeness (QED) is 0.857. The highest BCUT2D eigenvalue weighted by Gasteiger charge is 2.21. The Balaban J connectivity index is 1.96. The van der Waals surface area contributed by atoms with E-state index in [9.17, 15) is 4.39 Å². The van der Waals surface area contributed by atoms with Crippen molar-refractivity contribution in [2.45, 2.75) is 19.4 Å². The van der Waals surface area contributed by atoms with E-state index >= 15 is 0 Å². The van der Waals surface area contributed by atoms with Crippen LogP contribution in [0.4, 0.5) is 4.39 Å². The molecule has 0 radical (unpaired) electrons. The van der Waals surface area contributed by atoms with Crippen molar-refractivity contribution >= 4 is 0 Å². The average Bonchev–Trinajstić information content (AvgIpc) is 2.47. The summed E-state index contributed by atoms with van der Waals surface area (Å²) in [6, 6.07) is 4.95. The highest BCUT2D eigenvalue weighted by molar-refractivity contribution is 5.35. The summed E-state index contributed by atoms with van der Waals surface area (Å²) >= 11 is 0. The Morgan fingerprint density at radius 3 is 3.10 bits per heavy atom. The molecule has 5 heteroatoms. The van der Waals surface area contributed by atoms with Gasteiger partial charge in [0.1, 0.15) is 12.7 Å². The lowest BCUT2D eigenvalue weighted by Crippen LogP contribution is -2.44. The number of hydrogen-bond donors (Lipinski definition) is 1. The van der Waals surface area contributed by atoms with Crippen LogP contribution in [0.3, 0.4) is 0 Å². The SMILES string of the molecule is CCN1CCOC(COc2c(F)cccc2CCN)C1. The number of ether oxygens (including phenoxy) is 2. The van der Waals surface area contributed by atoms with Crippen LogP contribution in [0.5, 0.6) is 5.75 Å². The molecule has 0 aromatic heterocycles. The maximum atomic E-state index is 13.9. The molecule has 1 unspecified atom stereocenters. The molecule has 2 rings (SSSR count). The van der Waals surface area contributed by atoms with E-state index < -0.39 is 0 Å². The summed E-state index contributed by atoms with van der Waals surface area (Å²) in [7, 11) is 0. The first-order chi connectivity index (χ1) is 9.74. The number of para-hydroxylation sites is 1. The second kappa shape index (κ2) is 7.57. The number of halogens is 1. The first kappa shape index (κ1) is 15.2. The van der Waals surface area contributed by atoms with Crippen LogP contribution >= 0.6 is 0 Å². The molecular formula is C15H23FN2O2. The van der Waals surface area contributed by atoms with E-state index in [4.69, 9.17) is 15.2 Å². The van der Waals surface area contributed by atoms with Gasteiger partial charge in [-0.2, -0.15) is 0 Å². The lowest BCUT2D eigenvalue weighted by Gasteiger charge is -2.32. The summed E-state index contributed by atoms with van der Waals surface area (Å²) in [6.45, 7) is 6.45. The van der Waals surface area contributed by atoms with E-state index in [-0.39, 0.29) is 11.9 Å². The molecule has 0 bridgehead atoms. The van der Waals surface area contributed by atoms with Gasteiger partial charge in [-0.15, -0.1) is 0 Å². The fourth-order valence-electron chi connectivity index (χ4n) is 2.41. The van der Waals surface area contributed by atoms with Gasteiger partial charge in [-0.3, -0.25) is 4.90 Å². The minimum atomic E-state index is -0.334. The third kappa shape index (κ3) is 3.91. The fraction of sp³-hybridized carbons (Fsp3) is 0.600. The van der Waals surface area contributed by atoms with Gasteiger partial charge >= 0.3 is 0 Å². The van der Waals surface area contributed by atoms with Gasteiger partial charge in [-0.1, -0.05) is 19.1 Å². The van der Waals surface area contributed by atoms with E-state index in [1.165, 1.54) is 6.07 Å². The third-order valence-electron chi connectivity index (χ3n) is 3.55. The molecule has 2 N–H and O–H groups in total. The molecule has 1 aliphatic rings. The van der Waals surface area contributed by atoms with Crippen molar-refractivity contribution in [2.24, 2.45) is 5.73 Å². The monoisotopic (exact) mass is 282 g/mol. The minimum Gasteiger partial charge on any atom is -0.487 e. The number of nitrogens with two attached hydrogens (primary N) is 1. The maximum Gasteiger partial charge on any atom is 0.165 e. The fourth-order valence-corrected chi connectivity index (χ4v) is 2.41. The van der Waals surface area contributed by atoms with Crippen LogP contribution < -0.4 is 10.5 Å². The number of rotatable bonds is 6. The van der Waals surface area contributed by atoms with E-state index in [2.05, 4.69) is 11.8 Å². The van der Waals surface area contributed by atoms with Crippen molar-refractivity contribution in [1.29, 1.82) is 0 Å². The van der Waals surface area contributed by atoms with E-state index in [0.29, 0.717) is 31.9 Å². The first-order valence-corrected chi connectivity index (χ1v) is 7.18. The number of morpholine rings is 1. The van der Waals surface area contributed by atoms with E-state index in [0.717, 1.165) is 25.2 Å². The molecule has 1 aliphatic heterocycles. The zero-order chi connectivity index (χ0) is 14.4. The first-order valence-electron chi connectivity index (χ1n) is 7.18. The van der Waals surface area contributed by atoms with Gasteiger partial charge in [-0.25, -0.2) is 4.39 Å². The van der Waals surface area contributed by atoms with Gasteiger partial charge in [-0.05, 0) is 31.1 Å². The van der Waals surface area contributed by atoms with E-state index in [1.54, 1.807) is 6.07 Å². The molecule has 0 amide bonds. The molecular weight excluding hydrogens is 259 g/mol. The van der Waals surface area contributed by atoms with Gasteiger partial charge in [0.2, 0.25) is 0 Å². The Hall–Kier alpha value is -1.17. The van der Waals surface area contributed by atoms with Crippen LogP contribution in [0.25, 0.3) is 0 Å². The normalized spacial score (nSPS) is 20.1. The molecule has 4 nitrogen and oxygen atoms in total. The smallest absolute Gasteiger partial charge is 0.165 e. The summed E-state index contributed by atoms with van der Waals surface area (Å²) in [5.41, 5.74) is 6.36. The molecule has 1 aromatic rings. The van der Waals surface area contributed by atoms with Gasteiger partial charge in [0.25, 0.3) is 0 Å². The maximum absolute atomic E-state index is 13.9. The summed E-state index contributed by atoms with van der Waals surface area (Å²) in [6.07, 6.45) is 0.605. The highest BCUT2D eigenvalue weighted by atomic mass is 19.1. The molecule has 112 valence electrons. The Morgan fingerprint density at radius 1 is 1.50 bits per heavy atom. The summed E-state index contributed by atoms with van der Waals surface area (Å²) in [5, 5.41) is 0. The number of likely N-dealkylation sites (N-methyl/N-ethyl adjacent to an activating group) is 1. The predicted octanol–water partition coefficient (Wildman–Crippen LogP) is 1.43. The van der Waals surface area contributed by atoms with Crippen LogP contribution in [-0.2, 0) is 11.2 Å². The van der Waals surface area contributed by atoms with Crippen molar-refractivity contribution in [1.82, 2.24) is 4.90 Å². The molecule has 0 spiro atoms. The molecule has 0 saturated carbocycles. The summed E-state index contributed by atoms with van der Waals surface area (Å²) in [4.78, 5) is 2.31. The largest absolute Gasteiger partial charge is 0.487 e. The van der Waals surface area contributed by atoms with Crippen LogP contribution in [0.1, 0.15) is 12.5 Å². The molecule has 1 saturated heterocycles. The minimum absolute atomic E-state index is 0.00553. The van der Waals surface area contributed by atoms with Crippen LogP contribution in [-0.4, -0.2) is 50.4 Å². The molecule has 1 aromatic carbocycles. The summed E-state index contributed by atoms with van der Waals surface area (Å²) in [5.74, 6) is -0.0192. The van der Waals surface area contributed by atoms with Crippen LogP contribution in [0, 0.1) is 5.82 Å². The van der Waals surface area contributed by atoms with Gasteiger partial charge < -0.3 is 15.2 Å². The summed E-state index contributed by atoms with van der Waals surface area (Å²) < 4.78 is 25.2. The third-order valence-corrected chi connectivity index (χ3v) is 3.55. The second-order valence-corrected chi connectivity index (χ2v) is 4.96. The Bertz CT molecular complexity index is 428. The zero-order valence-corrected chi connectivity index (χ0v) is 12.0. The lowest BCUT2D eigenvalue weighted by molar-refractivity contribution is -0.0469. The van der Waals surface area contributed by atoms with Crippen molar-refractivity contribution in [3.05, 3.63) is 29.6 Å². The topological polar surface area (TPSA) is 47.7 Å². The average molecular weight is 282 g/mol. The van der Waals surface area contributed by atoms with E-state index in [1.807, 2.05) is 6.07 Å². The molecule has 0 aliphatic carbocycles. The molecule has 1 atom stereocenters. The lowest BCUT2D eigenvalue weighted by atomic mass is 10.1. The molecule has 1 fully saturated rings. The van der Waals surface area contributed by atoms with Crippen molar-refractivity contribution < 1.29 is 13.9 Å². The molecule has 1 heterocycles. The predicted molar refractivity (Wildman–Crippen MR) is 76.5 cm³/mol. The van der Waals surface area contributed by atoms with Crippen molar-refractivity contribution in [3.8, 4) is 5.75 Å². The van der Waals surface area contributed by atoms with Gasteiger partial charge in [0.15, 0.2) is 11.6 Å². The zero-order valence-electron chi connectivity index (χ0n) is 12.0. The van der Waals surface area contributed by atoms with Crippen LogP contribution in [0.2, 0.25) is 0 Å².